The molecule has 2 aromatic heterocycles. The Morgan fingerprint density at radius 3 is 2.65 bits per heavy atom. The van der Waals surface area contributed by atoms with Crippen molar-refractivity contribution in [1.29, 1.82) is 0 Å². The molecule has 2 N–H and O–H groups in total. The second-order valence-electron chi connectivity index (χ2n) is 9.21. The number of hydrogen-bond acceptors (Lipinski definition) is 6. The summed E-state index contributed by atoms with van der Waals surface area (Å²) in [7, 11) is 0. The van der Waals surface area contributed by atoms with Gasteiger partial charge < -0.3 is 19.9 Å². The molecule has 0 amide bonds. The third-order valence-electron chi connectivity index (χ3n) is 6.94. The quantitative estimate of drug-likeness (QED) is 0.528. The maximum absolute atomic E-state index is 13.1. The van der Waals surface area contributed by atoms with Crippen LogP contribution in [0.1, 0.15) is 62.1 Å². The van der Waals surface area contributed by atoms with Crippen LogP contribution in [0.5, 0.6) is 0 Å². The maximum atomic E-state index is 13.1. The van der Waals surface area contributed by atoms with E-state index in [-0.39, 0.29) is 19.2 Å². The molecule has 34 heavy (non-hydrogen) atoms. The average Bonchev–Trinajstić information content (AvgIpc) is 3.50. The number of aliphatic hydroxyl groups is 1. The van der Waals surface area contributed by atoms with E-state index in [0.717, 1.165) is 50.0 Å². The fourth-order valence-corrected chi connectivity index (χ4v) is 5.12. The number of rotatable bonds is 6. The molecule has 0 radical (unpaired) electrons. The fourth-order valence-electron chi connectivity index (χ4n) is 5.12. The van der Waals surface area contributed by atoms with Crippen LogP contribution in [0.25, 0.3) is 11.2 Å². The first kappa shape index (κ1) is 22.9. The zero-order valence-corrected chi connectivity index (χ0v) is 18.9. The van der Waals surface area contributed by atoms with Gasteiger partial charge in [0.2, 0.25) is 5.95 Å². The van der Waals surface area contributed by atoms with Gasteiger partial charge in [-0.3, -0.25) is 0 Å². The van der Waals surface area contributed by atoms with Gasteiger partial charge in [0.1, 0.15) is 0 Å². The van der Waals surface area contributed by atoms with Crippen molar-refractivity contribution in [2.45, 2.75) is 69.8 Å². The van der Waals surface area contributed by atoms with Crippen molar-refractivity contribution in [1.82, 2.24) is 19.5 Å². The van der Waals surface area contributed by atoms with Crippen LogP contribution in [0.2, 0.25) is 0 Å². The molecule has 2 fully saturated rings. The summed E-state index contributed by atoms with van der Waals surface area (Å²) in [6, 6.07) is 5.57. The van der Waals surface area contributed by atoms with Crippen LogP contribution in [-0.2, 0) is 12.7 Å². The van der Waals surface area contributed by atoms with Crippen molar-refractivity contribution < 1.29 is 18.3 Å². The molecule has 0 spiro atoms. The summed E-state index contributed by atoms with van der Waals surface area (Å²) in [4.78, 5) is 16.2. The highest BCUT2D eigenvalue weighted by atomic mass is 19.4. The van der Waals surface area contributed by atoms with Crippen LogP contribution in [0.4, 0.5) is 24.9 Å². The Balaban J connectivity index is 1.50. The first-order chi connectivity index (χ1) is 16.4. The summed E-state index contributed by atoms with van der Waals surface area (Å²) in [6.07, 6.45) is 4.94. The Hall–Kier alpha value is -2.88. The van der Waals surface area contributed by atoms with E-state index >= 15 is 0 Å². The monoisotopic (exact) mass is 474 g/mol. The lowest BCUT2D eigenvalue weighted by atomic mass is 9.95. The zero-order valence-electron chi connectivity index (χ0n) is 18.9. The number of benzene rings is 1. The zero-order chi connectivity index (χ0) is 23.7. The predicted molar refractivity (Wildman–Crippen MR) is 124 cm³/mol. The minimum Gasteiger partial charge on any atom is -0.394 e. The Morgan fingerprint density at radius 1 is 1.06 bits per heavy atom. The molecule has 1 aliphatic heterocycles. The van der Waals surface area contributed by atoms with Gasteiger partial charge in [-0.05, 0) is 43.4 Å². The second kappa shape index (κ2) is 9.40. The Morgan fingerprint density at radius 2 is 1.88 bits per heavy atom. The normalized spacial score (nSPS) is 19.8. The number of aliphatic hydroxyl groups excluding tert-OH is 1. The van der Waals surface area contributed by atoms with Gasteiger partial charge in [-0.1, -0.05) is 31.4 Å². The van der Waals surface area contributed by atoms with Gasteiger partial charge in [0, 0.05) is 19.1 Å². The molecule has 10 heteroatoms. The van der Waals surface area contributed by atoms with Crippen molar-refractivity contribution in [2.75, 3.05) is 23.4 Å². The van der Waals surface area contributed by atoms with Crippen LogP contribution >= 0.6 is 0 Å². The second-order valence-corrected chi connectivity index (χ2v) is 9.21. The molecule has 2 aliphatic rings. The van der Waals surface area contributed by atoms with Gasteiger partial charge in [-0.2, -0.15) is 23.1 Å². The van der Waals surface area contributed by atoms with Crippen LogP contribution in [0.3, 0.4) is 0 Å². The summed E-state index contributed by atoms with van der Waals surface area (Å²) in [5.41, 5.74) is 1.17. The third kappa shape index (κ3) is 4.55. The molecular formula is C24H29F3N6O. The standard InChI is InChI=1S/C24H29F3N6O/c25-24(26,27)17-7-4-6-16(12-17)13-28-21-20-22(33(15-29-20)18-8-2-1-3-9-18)31-23(30-21)32-11-5-10-19(32)14-34/h4,6-7,12,15,18-19,34H,1-3,5,8-11,13-14H2,(H,28,30,31). The molecule has 5 rings (SSSR count). The van der Waals surface area contributed by atoms with E-state index in [9.17, 15) is 18.3 Å². The van der Waals surface area contributed by atoms with Gasteiger partial charge in [-0.25, -0.2) is 4.98 Å². The molecule has 3 heterocycles. The number of hydrogen-bond donors (Lipinski definition) is 2. The molecule has 3 aromatic rings. The Labute approximate surface area is 196 Å². The van der Waals surface area contributed by atoms with E-state index in [0.29, 0.717) is 28.9 Å². The number of fused-ring (bicyclic) bond motifs is 1. The highest BCUT2D eigenvalue weighted by Crippen LogP contribution is 2.34. The van der Waals surface area contributed by atoms with Crippen molar-refractivity contribution in [3.63, 3.8) is 0 Å². The number of nitrogens with one attached hydrogen (secondary N) is 1. The fraction of sp³-hybridized carbons (Fsp3) is 0.542. The van der Waals surface area contributed by atoms with Crippen LogP contribution in [0, 0.1) is 0 Å². The lowest BCUT2D eigenvalue weighted by molar-refractivity contribution is -0.137. The number of halogens is 3. The van der Waals surface area contributed by atoms with E-state index < -0.39 is 11.7 Å². The largest absolute Gasteiger partial charge is 0.416 e. The molecular weight excluding hydrogens is 445 g/mol. The van der Waals surface area contributed by atoms with E-state index in [1.54, 1.807) is 6.07 Å². The summed E-state index contributed by atoms with van der Waals surface area (Å²) in [6.45, 7) is 0.951. The summed E-state index contributed by atoms with van der Waals surface area (Å²) in [5.74, 6) is 1.02. The molecule has 182 valence electrons. The smallest absolute Gasteiger partial charge is 0.394 e. The van der Waals surface area contributed by atoms with Gasteiger partial charge in [0.25, 0.3) is 0 Å². The minimum absolute atomic E-state index is 0.0241. The van der Waals surface area contributed by atoms with Crippen LogP contribution < -0.4 is 10.2 Å². The van der Waals surface area contributed by atoms with Crippen LogP contribution in [-0.4, -0.2) is 43.8 Å². The number of nitrogens with zero attached hydrogens (tertiary/aromatic N) is 5. The highest BCUT2D eigenvalue weighted by Gasteiger charge is 2.31. The Kier molecular flexibility index (Phi) is 6.33. The third-order valence-corrected chi connectivity index (χ3v) is 6.94. The predicted octanol–water partition coefficient (Wildman–Crippen LogP) is 4.92. The molecule has 1 saturated heterocycles. The van der Waals surface area contributed by atoms with Crippen molar-refractivity contribution in [2.24, 2.45) is 0 Å². The lowest BCUT2D eigenvalue weighted by Gasteiger charge is -2.25. The average molecular weight is 475 g/mol. The molecule has 1 saturated carbocycles. The van der Waals surface area contributed by atoms with Crippen molar-refractivity contribution in [3.05, 3.63) is 41.7 Å². The summed E-state index contributed by atoms with van der Waals surface area (Å²) in [5, 5.41) is 13.0. The molecule has 1 aliphatic carbocycles. The number of imidazole rings is 1. The number of aromatic nitrogens is 4. The molecule has 1 atom stereocenters. The maximum Gasteiger partial charge on any atom is 0.416 e. The molecule has 1 aromatic carbocycles. The van der Waals surface area contributed by atoms with E-state index in [1.807, 2.05) is 11.2 Å². The van der Waals surface area contributed by atoms with Crippen LogP contribution in [0.15, 0.2) is 30.6 Å². The molecule has 1 unspecified atom stereocenters. The highest BCUT2D eigenvalue weighted by molar-refractivity contribution is 5.84. The van der Waals surface area contributed by atoms with Crippen molar-refractivity contribution in [3.8, 4) is 0 Å². The van der Waals surface area contributed by atoms with Crippen molar-refractivity contribution >= 4 is 22.9 Å². The van der Waals surface area contributed by atoms with Gasteiger partial charge >= 0.3 is 6.18 Å². The summed E-state index contributed by atoms with van der Waals surface area (Å²) >= 11 is 0. The van der Waals surface area contributed by atoms with E-state index in [4.69, 9.17) is 9.97 Å². The molecule has 7 nitrogen and oxygen atoms in total. The van der Waals surface area contributed by atoms with E-state index in [2.05, 4.69) is 14.9 Å². The summed E-state index contributed by atoms with van der Waals surface area (Å²) < 4.78 is 41.5. The van der Waals surface area contributed by atoms with Gasteiger partial charge in [0.15, 0.2) is 17.0 Å². The number of anilines is 2. The lowest BCUT2D eigenvalue weighted by Crippen LogP contribution is -2.33. The topological polar surface area (TPSA) is 79.1 Å². The van der Waals surface area contributed by atoms with E-state index in [1.165, 1.54) is 25.3 Å². The van der Waals surface area contributed by atoms with Gasteiger partial charge in [0.05, 0.1) is 24.5 Å². The SMILES string of the molecule is OCC1CCCN1c1nc(NCc2cccc(C(F)(F)F)c2)c2ncn(C3CCCCC3)c2n1. The first-order valence-corrected chi connectivity index (χ1v) is 12.0. The minimum atomic E-state index is -4.39. The Bertz CT molecular complexity index is 1140. The number of alkyl halides is 3. The first-order valence-electron chi connectivity index (χ1n) is 12.0. The van der Waals surface area contributed by atoms with Gasteiger partial charge in [-0.15, -0.1) is 0 Å². The molecule has 0 bridgehead atoms.